The fourth-order valence-electron chi connectivity index (χ4n) is 3.56. The summed E-state index contributed by atoms with van der Waals surface area (Å²) in [7, 11) is 0. The van der Waals surface area contributed by atoms with Crippen LogP contribution in [0.25, 0.3) is 11.5 Å². The molecule has 152 valence electrons. The minimum atomic E-state index is -0.186. The highest BCUT2D eigenvalue weighted by Gasteiger charge is 2.17. The molecule has 1 aromatic heterocycles. The van der Waals surface area contributed by atoms with E-state index >= 15 is 0 Å². The minimum Gasteiger partial charge on any atom is -0.493 e. The van der Waals surface area contributed by atoms with Crippen LogP contribution in [0.2, 0.25) is 0 Å². The van der Waals surface area contributed by atoms with Gasteiger partial charge in [-0.25, -0.2) is 4.39 Å². The van der Waals surface area contributed by atoms with Crippen molar-refractivity contribution in [2.45, 2.75) is 12.8 Å². The van der Waals surface area contributed by atoms with Gasteiger partial charge in [0.1, 0.15) is 11.6 Å². The van der Waals surface area contributed by atoms with Gasteiger partial charge in [-0.1, -0.05) is 12.1 Å². The molecular weight excluding hydrogens is 371 g/mol. The third-order valence-electron chi connectivity index (χ3n) is 5.17. The van der Waals surface area contributed by atoms with Gasteiger partial charge in [-0.3, -0.25) is 4.90 Å². The predicted octanol–water partition coefficient (Wildman–Crippen LogP) is 3.86. The molecule has 0 amide bonds. The first-order valence-electron chi connectivity index (χ1n) is 10.0. The summed E-state index contributed by atoms with van der Waals surface area (Å²) in [6.07, 6.45) is 3.39. The van der Waals surface area contributed by atoms with Crippen LogP contribution < -0.4 is 9.64 Å². The Labute approximate surface area is 169 Å². The number of rotatable bonds is 8. The third kappa shape index (κ3) is 5.12. The zero-order valence-electron chi connectivity index (χ0n) is 16.3. The van der Waals surface area contributed by atoms with E-state index in [-0.39, 0.29) is 5.82 Å². The Morgan fingerprint density at radius 3 is 2.52 bits per heavy atom. The monoisotopic (exact) mass is 396 g/mol. The lowest BCUT2D eigenvalue weighted by atomic mass is 10.2. The Balaban J connectivity index is 1.17. The molecule has 1 aliphatic rings. The van der Waals surface area contributed by atoms with E-state index in [1.54, 1.807) is 0 Å². The van der Waals surface area contributed by atoms with Gasteiger partial charge in [0.05, 0.1) is 12.2 Å². The number of unbranched alkanes of at least 4 members (excludes halogenated alkanes) is 1. The Morgan fingerprint density at radius 1 is 0.966 bits per heavy atom. The second-order valence-corrected chi connectivity index (χ2v) is 7.10. The van der Waals surface area contributed by atoms with E-state index in [0.717, 1.165) is 62.6 Å². The van der Waals surface area contributed by atoms with E-state index in [2.05, 4.69) is 20.0 Å². The van der Waals surface area contributed by atoms with Crippen LogP contribution >= 0.6 is 0 Å². The highest BCUT2D eigenvalue weighted by atomic mass is 19.1. The number of aromatic nitrogens is 2. The quantitative estimate of drug-likeness (QED) is 0.539. The van der Waals surface area contributed by atoms with Crippen LogP contribution in [-0.2, 0) is 0 Å². The Morgan fingerprint density at radius 2 is 1.76 bits per heavy atom. The normalized spacial score (nSPS) is 14.9. The molecule has 1 fully saturated rings. The zero-order chi connectivity index (χ0) is 19.9. The van der Waals surface area contributed by atoms with Gasteiger partial charge < -0.3 is 14.1 Å². The van der Waals surface area contributed by atoms with Gasteiger partial charge in [-0.15, -0.1) is 10.2 Å². The molecule has 4 rings (SSSR count). The molecule has 6 nitrogen and oxygen atoms in total. The number of hydrogen-bond donors (Lipinski definition) is 0. The van der Waals surface area contributed by atoms with E-state index in [9.17, 15) is 4.39 Å². The number of anilines is 1. The summed E-state index contributed by atoms with van der Waals surface area (Å²) in [6, 6.07) is 14.5. The summed E-state index contributed by atoms with van der Waals surface area (Å²) in [6.45, 7) is 5.71. The zero-order valence-corrected chi connectivity index (χ0v) is 16.3. The number of nitrogens with zero attached hydrogens (tertiary/aromatic N) is 4. The predicted molar refractivity (Wildman–Crippen MR) is 110 cm³/mol. The highest BCUT2D eigenvalue weighted by molar-refractivity contribution is 5.62. The fraction of sp³-hybridized carbons (Fsp3) is 0.364. The number of hydrogen-bond acceptors (Lipinski definition) is 6. The molecule has 0 saturated carbocycles. The van der Waals surface area contributed by atoms with Crippen molar-refractivity contribution < 1.29 is 13.5 Å². The highest BCUT2D eigenvalue weighted by Crippen LogP contribution is 2.28. The number of halogens is 1. The Hall–Kier alpha value is -2.93. The van der Waals surface area contributed by atoms with E-state index in [0.29, 0.717) is 12.5 Å². The van der Waals surface area contributed by atoms with Gasteiger partial charge >= 0.3 is 0 Å². The molecule has 7 heteroatoms. The van der Waals surface area contributed by atoms with Crippen molar-refractivity contribution in [1.82, 2.24) is 15.1 Å². The average Bonchev–Trinajstić information content (AvgIpc) is 3.30. The summed E-state index contributed by atoms with van der Waals surface area (Å²) < 4.78 is 24.3. The maximum absolute atomic E-state index is 13.1. The van der Waals surface area contributed by atoms with Crippen LogP contribution in [0.4, 0.5) is 10.1 Å². The molecule has 0 aliphatic carbocycles. The van der Waals surface area contributed by atoms with E-state index < -0.39 is 0 Å². The first-order chi connectivity index (χ1) is 14.3. The van der Waals surface area contributed by atoms with Crippen LogP contribution in [0, 0.1) is 5.82 Å². The SMILES string of the molecule is Fc1ccc(N2CCN(CCCCOc3ccccc3-c3nnco3)CC2)cc1. The first-order valence-corrected chi connectivity index (χ1v) is 10.0. The van der Waals surface area contributed by atoms with E-state index in [1.165, 1.54) is 18.5 Å². The molecule has 0 N–H and O–H groups in total. The van der Waals surface area contributed by atoms with Crippen molar-refractivity contribution in [1.29, 1.82) is 0 Å². The molecule has 29 heavy (non-hydrogen) atoms. The molecule has 3 aromatic rings. The molecule has 0 atom stereocenters. The number of ether oxygens (including phenoxy) is 1. The summed E-state index contributed by atoms with van der Waals surface area (Å²) >= 11 is 0. The van der Waals surface area contributed by atoms with E-state index in [1.807, 2.05) is 36.4 Å². The lowest BCUT2D eigenvalue weighted by molar-refractivity contribution is 0.238. The summed E-state index contributed by atoms with van der Waals surface area (Å²) in [5.41, 5.74) is 1.92. The molecular formula is C22H25FN4O2. The van der Waals surface area contributed by atoms with Crippen LogP contribution in [0.3, 0.4) is 0 Å². The van der Waals surface area contributed by atoms with Crippen LogP contribution in [0.1, 0.15) is 12.8 Å². The number of benzene rings is 2. The van der Waals surface area contributed by atoms with Gasteiger partial charge in [0, 0.05) is 31.9 Å². The summed E-state index contributed by atoms with van der Waals surface area (Å²) in [5, 5.41) is 7.69. The first kappa shape index (κ1) is 19.4. The second kappa shape index (κ2) is 9.52. The summed E-state index contributed by atoms with van der Waals surface area (Å²) in [4.78, 5) is 4.79. The van der Waals surface area contributed by atoms with Crippen LogP contribution in [0.15, 0.2) is 59.3 Å². The van der Waals surface area contributed by atoms with Crippen molar-refractivity contribution in [2.75, 3.05) is 44.2 Å². The van der Waals surface area contributed by atoms with Crippen LogP contribution in [0.5, 0.6) is 5.75 Å². The molecule has 0 bridgehead atoms. The standard InChI is InChI=1S/C22H25FN4O2/c23-18-7-9-19(10-8-18)27-14-12-26(13-15-27)11-3-4-16-28-21-6-2-1-5-20(21)22-25-24-17-29-22/h1-2,5-10,17H,3-4,11-16H2. The molecule has 0 spiro atoms. The maximum atomic E-state index is 13.1. The van der Waals surface area contributed by atoms with Gasteiger partial charge in [0.25, 0.3) is 5.89 Å². The van der Waals surface area contributed by atoms with Crippen molar-refractivity contribution in [3.8, 4) is 17.2 Å². The molecule has 1 aliphatic heterocycles. The molecule has 0 radical (unpaired) electrons. The molecule has 2 aromatic carbocycles. The molecule has 0 unspecified atom stereocenters. The maximum Gasteiger partial charge on any atom is 0.251 e. The Kier molecular flexibility index (Phi) is 6.36. The van der Waals surface area contributed by atoms with Crippen LogP contribution in [-0.4, -0.2) is 54.4 Å². The second-order valence-electron chi connectivity index (χ2n) is 7.10. The largest absolute Gasteiger partial charge is 0.493 e. The Bertz CT molecular complexity index is 878. The molecule has 1 saturated heterocycles. The molecule has 2 heterocycles. The number of piperazine rings is 1. The van der Waals surface area contributed by atoms with Gasteiger partial charge in [0.2, 0.25) is 6.39 Å². The smallest absolute Gasteiger partial charge is 0.251 e. The van der Waals surface area contributed by atoms with Gasteiger partial charge in [-0.05, 0) is 55.8 Å². The van der Waals surface area contributed by atoms with Crippen molar-refractivity contribution in [3.05, 3.63) is 60.7 Å². The van der Waals surface area contributed by atoms with Gasteiger partial charge in [-0.2, -0.15) is 0 Å². The summed E-state index contributed by atoms with van der Waals surface area (Å²) in [5.74, 6) is 1.05. The lowest BCUT2D eigenvalue weighted by Gasteiger charge is -2.36. The van der Waals surface area contributed by atoms with Crippen molar-refractivity contribution in [2.24, 2.45) is 0 Å². The number of para-hydroxylation sites is 1. The third-order valence-corrected chi connectivity index (χ3v) is 5.17. The van der Waals surface area contributed by atoms with Gasteiger partial charge in [0.15, 0.2) is 0 Å². The van der Waals surface area contributed by atoms with Crippen molar-refractivity contribution >= 4 is 5.69 Å². The lowest BCUT2D eigenvalue weighted by Crippen LogP contribution is -2.46. The average molecular weight is 396 g/mol. The fourth-order valence-corrected chi connectivity index (χ4v) is 3.56. The van der Waals surface area contributed by atoms with Crippen molar-refractivity contribution in [3.63, 3.8) is 0 Å². The minimum absolute atomic E-state index is 0.186. The topological polar surface area (TPSA) is 54.6 Å². The van der Waals surface area contributed by atoms with E-state index in [4.69, 9.17) is 9.15 Å².